The largest absolute Gasteiger partial charge is 0.392 e. The van der Waals surface area contributed by atoms with Crippen molar-refractivity contribution < 1.29 is 9.90 Å². The van der Waals surface area contributed by atoms with Crippen LogP contribution in [0.4, 0.5) is 0 Å². The molecule has 0 heterocycles. The summed E-state index contributed by atoms with van der Waals surface area (Å²) in [5.74, 6) is 0.00893. The van der Waals surface area contributed by atoms with Gasteiger partial charge < -0.3 is 15.7 Å². The summed E-state index contributed by atoms with van der Waals surface area (Å²) in [5.41, 5.74) is 0. The van der Waals surface area contributed by atoms with Crippen LogP contribution in [0.3, 0.4) is 0 Å². The fourth-order valence-corrected chi connectivity index (χ4v) is 1.71. The van der Waals surface area contributed by atoms with Gasteiger partial charge in [0.2, 0.25) is 5.91 Å². The van der Waals surface area contributed by atoms with E-state index in [0.29, 0.717) is 6.54 Å². The minimum Gasteiger partial charge on any atom is -0.392 e. The van der Waals surface area contributed by atoms with Crippen LogP contribution in [-0.4, -0.2) is 35.7 Å². The predicted octanol–water partition coefficient (Wildman–Crippen LogP) is 1.43. The fraction of sp³-hybridized carbons (Fsp3) is 0.923. The Balaban J connectivity index is 3.81. The van der Waals surface area contributed by atoms with Crippen molar-refractivity contribution in [2.75, 3.05) is 6.54 Å². The zero-order valence-electron chi connectivity index (χ0n) is 11.6. The third kappa shape index (κ3) is 8.16. The average molecular weight is 244 g/mol. The number of hydrogen-bond donors (Lipinski definition) is 3. The number of aliphatic hydroxyl groups excluding tert-OH is 1. The minimum atomic E-state index is -0.358. The monoisotopic (exact) mass is 244 g/mol. The van der Waals surface area contributed by atoms with Gasteiger partial charge in [0.1, 0.15) is 0 Å². The molecule has 3 N–H and O–H groups in total. The molecule has 0 rings (SSSR count). The molecule has 17 heavy (non-hydrogen) atoms. The van der Waals surface area contributed by atoms with E-state index in [4.69, 9.17) is 0 Å². The van der Waals surface area contributed by atoms with Crippen molar-refractivity contribution >= 4 is 5.91 Å². The van der Waals surface area contributed by atoms with Crippen LogP contribution in [0, 0.1) is 0 Å². The lowest BCUT2D eigenvalue weighted by atomic mass is 10.1. The van der Waals surface area contributed by atoms with Crippen molar-refractivity contribution in [1.29, 1.82) is 0 Å². The van der Waals surface area contributed by atoms with Gasteiger partial charge in [-0.15, -0.1) is 0 Å². The second-order valence-corrected chi connectivity index (χ2v) is 4.77. The summed E-state index contributed by atoms with van der Waals surface area (Å²) in [6, 6.07) is -0.0295. The third-order valence-corrected chi connectivity index (χ3v) is 2.79. The lowest BCUT2D eigenvalue weighted by Gasteiger charge is -2.19. The highest BCUT2D eigenvalue weighted by atomic mass is 16.3. The zero-order valence-corrected chi connectivity index (χ0v) is 11.6. The van der Waals surface area contributed by atoms with Crippen molar-refractivity contribution in [3.05, 3.63) is 0 Å². The van der Waals surface area contributed by atoms with Crippen LogP contribution in [0.5, 0.6) is 0 Å². The molecule has 0 saturated carbocycles. The predicted molar refractivity (Wildman–Crippen MR) is 70.9 cm³/mol. The van der Waals surface area contributed by atoms with Gasteiger partial charge >= 0.3 is 0 Å². The van der Waals surface area contributed by atoms with Gasteiger partial charge in [0.25, 0.3) is 0 Å². The minimum absolute atomic E-state index is 0.00893. The molecule has 0 aliphatic carbocycles. The molecule has 4 nitrogen and oxygen atoms in total. The Hall–Kier alpha value is -0.610. The Morgan fingerprint density at radius 2 is 1.76 bits per heavy atom. The van der Waals surface area contributed by atoms with E-state index in [2.05, 4.69) is 17.6 Å². The van der Waals surface area contributed by atoms with Crippen LogP contribution in [0.25, 0.3) is 0 Å². The molecule has 0 radical (unpaired) electrons. The van der Waals surface area contributed by atoms with E-state index in [1.165, 1.54) is 0 Å². The molecule has 0 aliphatic heterocycles. The molecular weight excluding hydrogens is 216 g/mol. The van der Waals surface area contributed by atoms with Gasteiger partial charge in [0.05, 0.1) is 12.1 Å². The van der Waals surface area contributed by atoms with E-state index in [1.54, 1.807) is 0 Å². The fourth-order valence-electron chi connectivity index (χ4n) is 1.71. The molecule has 0 aromatic heterocycles. The third-order valence-electron chi connectivity index (χ3n) is 2.79. The lowest BCUT2D eigenvalue weighted by Crippen LogP contribution is -2.47. The Morgan fingerprint density at radius 1 is 1.18 bits per heavy atom. The second-order valence-electron chi connectivity index (χ2n) is 4.77. The maximum atomic E-state index is 11.7. The first kappa shape index (κ1) is 16.4. The highest BCUT2D eigenvalue weighted by Crippen LogP contribution is 1.97. The molecule has 102 valence electrons. The molecular formula is C13H28N2O2. The van der Waals surface area contributed by atoms with Gasteiger partial charge in [-0.25, -0.2) is 0 Å². The number of nitrogens with one attached hydrogen (secondary N) is 2. The summed E-state index contributed by atoms with van der Waals surface area (Å²) < 4.78 is 0. The molecule has 3 unspecified atom stereocenters. The van der Waals surface area contributed by atoms with E-state index < -0.39 is 0 Å². The van der Waals surface area contributed by atoms with E-state index in [-0.39, 0.29) is 24.1 Å². The van der Waals surface area contributed by atoms with Crippen LogP contribution in [-0.2, 0) is 4.79 Å². The number of hydrogen-bond acceptors (Lipinski definition) is 3. The van der Waals surface area contributed by atoms with E-state index in [1.807, 2.05) is 20.8 Å². The Bertz CT molecular complexity index is 210. The molecule has 0 spiro atoms. The van der Waals surface area contributed by atoms with E-state index in [0.717, 1.165) is 25.7 Å². The molecule has 4 heteroatoms. The van der Waals surface area contributed by atoms with Crippen LogP contribution in [0.1, 0.15) is 53.4 Å². The van der Waals surface area contributed by atoms with Gasteiger partial charge in [-0.3, -0.25) is 4.79 Å². The maximum Gasteiger partial charge on any atom is 0.237 e. The summed E-state index contributed by atoms with van der Waals surface area (Å²) in [7, 11) is 0. The summed E-state index contributed by atoms with van der Waals surface area (Å²) in [5, 5.41) is 15.6. The highest BCUT2D eigenvalue weighted by molar-refractivity contribution is 5.81. The first-order valence-corrected chi connectivity index (χ1v) is 6.73. The Morgan fingerprint density at radius 3 is 2.29 bits per heavy atom. The Labute approximate surface area is 105 Å². The first-order chi connectivity index (χ1) is 8.01. The Kier molecular flexibility index (Phi) is 9.09. The number of amides is 1. The molecule has 0 saturated heterocycles. The van der Waals surface area contributed by atoms with Crippen LogP contribution in [0.15, 0.2) is 0 Å². The normalized spacial score (nSPS) is 16.3. The highest BCUT2D eigenvalue weighted by Gasteiger charge is 2.15. The number of carbonyl (C=O) groups is 1. The average Bonchev–Trinajstić information content (AvgIpc) is 2.26. The van der Waals surface area contributed by atoms with Crippen molar-refractivity contribution in [2.45, 2.75) is 71.6 Å². The van der Waals surface area contributed by atoms with E-state index >= 15 is 0 Å². The molecule has 0 aromatic carbocycles. The maximum absolute atomic E-state index is 11.7. The van der Waals surface area contributed by atoms with Gasteiger partial charge in [-0.2, -0.15) is 0 Å². The molecule has 0 fully saturated rings. The molecule has 0 aromatic rings. The quantitative estimate of drug-likeness (QED) is 0.575. The number of rotatable bonds is 9. The SMILES string of the molecule is CCCC(O)CNC(C)C(=O)NC(C)CCC. The molecule has 0 bridgehead atoms. The number of carbonyl (C=O) groups excluding carboxylic acids is 1. The summed E-state index contributed by atoms with van der Waals surface area (Å²) in [6.45, 7) is 8.45. The van der Waals surface area contributed by atoms with Gasteiger partial charge in [-0.1, -0.05) is 26.7 Å². The second kappa shape index (κ2) is 9.42. The van der Waals surface area contributed by atoms with Crippen molar-refractivity contribution in [3.63, 3.8) is 0 Å². The standard InChI is InChI=1S/C13H28N2O2/c1-5-7-10(3)15-13(17)11(4)14-9-12(16)8-6-2/h10-12,14,16H,5-9H2,1-4H3,(H,15,17). The summed E-state index contributed by atoms with van der Waals surface area (Å²) in [6.07, 6.45) is 3.43. The smallest absolute Gasteiger partial charge is 0.237 e. The molecule has 0 aliphatic rings. The van der Waals surface area contributed by atoms with Crippen molar-refractivity contribution in [1.82, 2.24) is 10.6 Å². The first-order valence-electron chi connectivity index (χ1n) is 6.73. The summed E-state index contributed by atoms with van der Waals surface area (Å²) in [4.78, 5) is 11.7. The number of aliphatic hydroxyl groups is 1. The van der Waals surface area contributed by atoms with Gasteiger partial charge in [0, 0.05) is 12.6 Å². The van der Waals surface area contributed by atoms with Gasteiger partial charge in [-0.05, 0) is 26.7 Å². The van der Waals surface area contributed by atoms with Crippen molar-refractivity contribution in [3.8, 4) is 0 Å². The van der Waals surface area contributed by atoms with E-state index in [9.17, 15) is 9.90 Å². The summed E-state index contributed by atoms with van der Waals surface area (Å²) >= 11 is 0. The van der Waals surface area contributed by atoms with Crippen LogP contribution in [0.2, 0.25) is 0 Å². The van der Waals surface area contributed by atoms with Gasteiger partial charge in [0.15, 0.2) is 0 Å². The van der Waals surface area contributed by atoms with Crippen LogP contribution >= 0.6 is 0 Å². The molecule has 3 atom stereocenters. The lowest BCUT2D eigenvalue weighted by molar-refractivity contribution is -0.123. The zero-order chi connectivity index (χ0) is 13.3. The van der Waals surface area contributed by atoms with Crippen molar-refractivity contribution in [2.24, 2.45) is 0 Å². The topological polar surface area (TPSA) is 61.4 Å². The molecule has 1 amide bonds. The van der Waals surface area contributed by atoms with Crippen LogP contribution < -0.4 is 10.6 Å².